The summed E-state index contributed by atoms with van der Waals surface area (Å²) in [5.74, 6) is 0.376. The number of carbonyl (C=O) groups excluding carboxylic acids is 1. The minimum Gasteiger partial charge on any atom is -0.484 e. The molecule has 2 aromatic carbocycles. The Labute approximate surface area is 125 Å². The quantitative estimate of drug-likeness (QED) is 0.935. The maximum absolute atomic E-state index is 11.7. The molecule has 2 rings (SSSR count). The van der Waals surface area contributed by atoms with E-state index in [-0.39, 0.29) is 12.5 Å². The molecular weight excluding hydrogens is 320 g/mol. The molecule has 100 valence electrons. The van der Waals surface area contributed by atoms with Crippen LogP contribution in [0, 0.1) is 11.3 Å². The minimum atomic E-state index is -0.252. The summed E-state index contributed by atoms with van der Waals surface area (Å²) in [7, 11) is 0. The molecule has 0 saturated heterocycles. The molecule has 0 saturated carbocycles. The Morgan fingerprint density at radius 3 is 2.40 bits per heavy atom. The second-order valence-electron chi connectivity index (χ2n) is 3.98. The molecule has 0 radical (unpaired) electrons. The zero-order valence-corrected chi connectivity index (χ0v) is 12.1. The average molecular weight is 331 g/mol. The van der Waals surface area contributed by atoms with Crippen molar-refractivity contribution in [3.8, 4) is 11.8 Å². The van der Waals surface area contributed by atoms with Gasteiger partial charge in [0.05, 0.1) is 11.6 Å². The van der Waals surface area contributed by atoms with Crippen molar-refractivity contribution in [1.29, 1.82) is 5.26 Å². The number of rotatable bonds is 4. The average Bonchev–Trinajstić information content (AvgIpc) is 2.47. The molecule has 0 fully saturated rings. The molecule has 0 unspecified atom stereocenters. The normalized spacial score (nSPS) is 9.60. The van der Waals surface area contributed by atoms with E-state index in [2.05, 4.69) is 21.2 Å². The maximum atomic E-state index is 11.7. The number of halogens is 1. The standard InChI is InChI=1S/C15H11BrN2O2/c16-12-3-7-14(8-4-12)20-10-15(19)18-13-5-1-11(9-17)2-6-13/h1-8H,10H2,(H,18,19). The highest BCUT2D eigenvalue weighted by Crippen LogP contribution is 2.16. The first-order valence-corrected chi connectivity index (χ1v) is 6.65. The van der Waals surface area contributed by atoms with E-state index in [9.17, 15) is 4.79 Å². The van der Waals surface area contributed by atoms with E-state index in [1.54, 1.807) is 36.4 Å². The van der Waals surface area contributed by atoms with Gasteiger partial charge in [-0.3, -0.25) is 4.79 Å². The Bertz CT molecular complexity index is 630. The van der Waals surface area contributed by atoms with Crippen LogP contribution < -0.4 is 10.1 Å². The first-order chi connectivity index (χ1) is 9.67. The highest BCUT2D eigenvalue weighted by atomic mass is 79.9. The van der Waals surface area contributed by atoms with Gasteiger partial charge in [0.15, 0.2) is 6.61 Å². The third-order valence-corrected chi connectivity index (χ3v) is 3.01. The van der Waals surface area contributed by atoms with E-state index in [0.717, 1.165) is 4.47 Å². The molecule has 0 aliphatic heterocycles. The van der Waals surface area contributed by atoms with E-state index in [4.69, 9.17) is 10.00 Å². The lowest BCUT2D eigenvalue weighted by molar-refractivity contribution is -0.118. The van der Waals surface area contributed by atoms with Crippen molar-refractivity contribution in [3.05, 3.63) is 58.6 Å². The fourth-order valence-electron chi connectivity index (χ4n) is 1.50. The van der Waals surface area contributed by atoms with Gasteiger partial charge in [-0.1, -0.05) is 15.9 Å². The van der Waals surface area contributed by atoms with Gasteiger partial charge < -0.3 is 10.1 Å². The van der Waals surface area contributed by atoms with Crippen LogP contribution in [-0.4, -0.2) is 12.5 Å². The minimum absolute atomic E-state index is 0.0678. The van der Waals surface area contributed by atoms with Gasteiger partial charge >= 0.3 is 0 Å². The Kier molecular flexibility index (Phi) is 4.75. The third kappa shape index (κ3) is 4.11. The Morgan fingerprint density at radius 1 is 1.15 bits per heavy atom. The summed E-state index contributed by atoms with van der Waals surface area (Å²) in [5, 5.41) is 11.4. The SMILES string of the molecule is N#Cc1ccc(NC(=O)COc2ccc(Br)cc2)cc1. The first-order valence-electron chi connectivity index (χ1n) is 5.86. The van der Waals surface area contributed by atoms with Gasteiger partial charge in [-0.15, -0.1) is 0 Å². The number of carbonyl (C=O) groups is 1. The number of nitrogens with zero attached hydrogens (tertiary/aromatic N) is 1. The van der Waals surface area contributed by atoms with E-state index < -0.39 is 0 Å². The fraction of sp³-hybridized carbons (Fsp3) is 0.0667. The lowest BCUT2D eigenvalue weighted by atomic mass is 10.2. The summed E-state index contributed by atoms with van der Waals surface area (Å²) in [4.78, 5) is 11.7. The summed E-state index contributed by atoms with van der Waals surface area (Å²) in [5.41, 5.74) is 1.18. The van der Waals surface area contributed by atoms with Gasteiger partial charge in [-0.05, 0) is 48.5 Å². The molecule has 4 nitrogen and oxygen atoms in total. The largest absolute Gasteiger partial charge is 0.484 e. The number of anilines is 1. The van der Waals surface area contributed by atoms with Crippen LogP contribution in [0.2, 0.25) is 0 Å². The van der Waals surface area contributed by atoms with Gasteiger partial charge in [0.25, 0.3) is 5.91 Å². The zero-order valence-electron chi connectivity index (χ0n) is 10.5. The number of ether oxygens (including phenoxy) is 1. The second-order valence-corrected chi connectivity index (χ2v) is 4.90. The van der Waals surface area contributed by atoms with E-state index in [0.29, 0.717) is 17.0 Å². The maximum Gasteiger partial charge on any atom is 0.262 e. The summed E-state index contributed by atoms with van der Waals surface area (Å²) in [6.07, 6.45) is 0. The summed E-state index contributed by atoms with van der Waals surface area (Å²) < 4.78 is 6.31. The lowest BCUT2D eigenvalue weighted by Gasteiger charge is -2.07. The van der Waals surface area contributed by atoms with Crippen LogP contribution in [0.15, 0.2) is 53.0 Å². The fourth-order valence-corrected chi connectivity index (χ4v) is 1.77. The van der Waals surface area contributed by atoms with Crippen LogP contribution in [-0.2, 0) is 4.79 Å². The van der Waals surface area contributed by atoms with Gasteiger partial charge in [0, 0.05) is 10.2 Å². The van der Waals surface area contributed by atoms with Gasteiger partial charge in [0.2, 0.25) is 0 Å². The highest BCUT2D eigenvalue weighted by molar-refractivity contribution is 9.10. The summed E-state index contributed by atoms with van der Waals surface area (Å²) in [6.45, 7) is -0.0678. The zero-order chi connectivity index (χ0) is 14.4. The first kappa shape index (κ1) is 14.1. The van der Waals surface area contributed by atoms with Crippen LogP contribution in [0.25, 0.3) is 0 Å². The molecule has 5 heteroatoms. The summed E-state index contributed by atoms with van der Waals surface area (Å²) in [6, 6.07) is 15.9. The number of nitriles is 1. The van der Waals surface area contributed by atoms with Crippen molar-refractivity contribution < 1.29 is 9.53 Å². The van der Waals surface area contributed by atoms with Crippen molar-refractivity contribution in [3.63, 3.8) is 0 Å². The predicted molar refractivity (Wildman–Crippen MR) is 79.4 cm³/mol. The Hall–Kier alpha value is -2.32. The van der Waals surface area contributed by atoms with Crippen LogP contribution >= 0.6 is 15.9 Å². The monoisotopic (exact) mass is 330 g/mol. The van der Waals surface area contributed by atoms with Crippen LogP contribution in [0.3, 0.4) is 0 Å². The van der Waals surface area contributed by atoms with E-state index in [1.807, 2.05) is 18.2 Å². The molecule has 0 atom stereocenters. The molecule has 0 aliphatic carbocycles. The highest BCUT2D eigenvalue weighted by Gasteiger charge is 2.03. The number of hydrogen-bond donors (Lipinski definition) is 1. The van der Waals surface area contributed by atoms with Gasteiger partial charge in [-0.2, -0.15) is 5.26 Å². The van der Waals surface area contributed by atoms with E-state index >= 15 is 0 Å². The molecule has 1 amide bonds. The van der Waals surface area contributed by atoms with E-state index in [1.165, 1.54) is 0 Å². The predicted octanol–water partition coefficient (Wildman–Crippen LogP) is 3.34. The van der Waals surface area contributed by atoms with Crippen molar-refractivity contribution in [1.82, 2.24) is 0 Å². The van der Waals surface area contributed by atoms with Crippen molar-refractivity contribution in [2.45, 2.75) is 0 Å². The molecule has 0 aliphatic rings. The van der Waals surface area contributed by atoms with Crippen LogP contribution in [0.5, 0.6) is 5.75 Å². The molecule has 0 aromatic heterocycles. The molecule has 0 spiro atoms. The van der Waals surface area contributed by atoms with Crippen LogP contribution in [0.1, 0.15) is 5.56 Å². The molecule has 2 aromatic rings. The lowest BCUT2D eigenvalue weighted by Crippen LogP contribution is -2.20. The Balaban J connectivity index is 1.86. The summed E-state index contributed by atoms with van der Waals surface area (Å²) >= 11 is 3.32. The van der Waals surface area contributed by atoms with Crippen molar-refractivity contribution in [2.75, 3.05) is 11.9 Å². The van der Waals surface area contributed by atoms with Crippen molar-refractivity contribution in [2.24, 2.45) is 0 Å². The second kappa shape index (κ2) is 6.73. The van der Waals surface area contributed by atoms with Crippen molar-refractivity contribution >= 4 is 27.5 Å². The number of nitrogens with one attached hydrogen (secondary N) is 1. The number of amides is 1. The number of hydrogen-bond acceptors (Lipinski definition) is 3. The molecule has 0 bridgehead atoms. The Morgan fingerprint density at radius 2 is 1.80 bits per heavy atom. The smallest absolute Gasteiger partial charge is 0.262 e. The van der Waals surface area contributed by atoms with Crippen LogP contribution in [0.4, 0.5) is 5.69 Å². The van der Waals surface area contributed by atoms with Gasteiger partial charge in [0.1, 0.15) is 5.75 Å². The molecule has 1 N–H and O–H groups in total. The third-order valence-electron chi connectivity index (χ3n) is 2.48. The molecule has 20 heavy (non-hydrogen) atoms. The molecular formula is C15H11BrN2O2. The number of benzene rings is 2. The topological polar surface area (TPSA) is 62.1 Å². The molecule has 0 heterocycles. The van der Waals surface area contributed by atoms with Gasteiger partial charge in [-0.25, -0.2) is 0 Å².